The summed E-state index contributed by atoms with van der Waals surface area (Å²) in [6, 6.07) is 2.06. The first kappa shape index (κ1) is 10.7. The molecule has 16 heavy (non-hydrogen) atoms. The highest BCUT2D eigenvalue weighted by Crippen LogP contribution is 2.45. The van der Waals surface area contributed by atoms with Crippen molar-refractivity contribution >= 4 is 5.91 Å². The molecule has 84 valence electrons. The van der Waals surface area contributed by atoms with Crippen molar-refractivity contribution in [2.24, 2.45) is 5.41 Å². The van der Waals surface area contributed by atoms with E-state index >= 15 is 0 Å². The number of hydrogen-bond acceptors (Lipinski definition) is 4. The van der Waals surface area contributed by atoms with E-state index < -0.39 is 5.41 Å². The van der Waals surface area contributed by atoms with Gasteiger partial charge in [0, 0.05) is 12.1 Å². The highest BCUT2D eigenvalue weighted by molar-refractivity contribution is 5.88. The van der Waals surface area contributed by atoms with E-state index in [9.17, 15) is 4.79 Å². The van der Waals surface area contributed by atoms with Gasteiger partial charge in [0.25, 0.3) is 0 Å². The number of amides is 1. The number of nitriles is 1. The van der Waals surface area contributed by atoms with Gasteiger partial charge in [0.2, 0.25) is 5.91 Å². The van der Waals surface area contributed by atoms with Crippen LogP contribution in [0.4, 0.5) is 0 Å². The van der Waals surface area contributed by atoms with Crippen LogP contribution in [-0.2, 0) is 11.3 Å². The molecule has 0 radical (unpaired) electrons. The maximum Gasteiger partial charge on any atom is 0.240 e. The molecule has 1 aromatic heterocycles. The first-order valence-electron chi connectivity index (χ1n) is 5.20. The van der Waals surface area contributed by atoms with Gasteiger partial charge in [-0.25, -0.2) is 0 Å². The molecule has 1 saturated carbocycles. The molecule has 1 fully saturated rings. The number of nitrogens with zero attached hydrogens (tertiary/aromatic N) is 2. The van der Waals surface area contributed by atoms with Gasteiger partial charge in [-0.15, -0.1) is 0 Å². The Balaban J connectivity index is 1.99. The predicted molar refractivity (Wildman–Crippen MR) is 55.1 cm³/mol. The Labute approximate surface area is 93.4 Å². The van der Waals surface area contributed by atoms with E-state index in [0.29, 0.717) is 25.1 Å². The van der Waals surface area contributed by atoms with E-state index in [1.165, 1.54) is 0 Å². The topological polar surface area (TPSA) is 78.9 Å². The van der Waals surface area contributed by atoms with Gasteiger partial charge in [-0.05, 0) is 26.7 Å². The molecule has 5 heteroatoms. The molecule has 1 aliphatic carbocycles. The van der Waals surface area contributed by atoms with Gasteiger partial charge in [0.05, 0.1) is 11.8 Å². The second-order valence-electron chi connectivity index (χ2n) is 4.18. The summed E-state index contributed by atoms with van der Waals surface area (Å²) in [5.41, 5.74) is 0.903. The highest BCUT2D eigenvalue weighted by Gasteiger charge is 2.50. The molecule has 0 saturated heterocycles. The number of nitrogens with one attached hydrogen (secondary N) is 1. The van der Waals surface area contributed by atoms with Gasteiger partial charge in [-0.1, -0.05) is 5.16 Å². The molecule has 0 aliphatic heterocycles. The lowest BCUT2D eigenvalue weighted by Crippen LogP contribution is -2.30. The van der Waals surface area contributed by atoms with Crippen LogP contribution in [0.2, 0.25) is 0 Å². The van der Waals surface area contributed by atoms with Crippen LogP contribution in [0.15, 0.2) is 4.52 Å². The maximum absolute atomic E-state index is 11.7. The molecule has 0 spiro atoms. The minimum absolute atomic E-state index is 0.185. The van der Waals surface area contributed by atoms with Crippen molar-refractivity contribution in [3.05, 3.63) is 17.0 Å². The van der Waals surface area contributed by atoms with Crippen molar-refractivity contribution in [1.82, 2.24) is 10.5 Å². The van der Waals surface area contributed by atoms with Crippen molar-refractivity contribution in [2.75, 3.05) is 0 Å². The molecule has 0 atom stereocenters. The fourth-order valence-corrected chi connectivity index (χ4v) is 1.61. The summed E-state index contributed by atoms with van der Waals surface area (Å²) in [6.45, 7) is 4.01. The molecule has 5 nitrogen and oxygen atoms in total. The summed E-state index contributed by atoms with van der Waals surface area (Å²) in [5, 5.41) is 15.4. The number of carbonyl (C=O) groups is 1. The SMILES string of the molecule is Cc1noc(C)c1CNC(=O)C1(C#N)CC1. The Morgan fingerprint density at radius 1 is 1.62 bits per heavy atom. The van der Waals surface area contributed by atoms with Crippen molar-refractivity contribution in [3.63, 3.8) is 0 Å². The lowest BCUT2D eigenvalue weighted by molar-refractivity contribution is -0.124. The number of aryl methyl sites for hydroxylation is 2. The van der Waals surface area contributed by atoms with Crippen LogP contribution >= 0.6 is 0 Å². The van der Waals surface area contributed by atoms with E-state index in [1.54, 1.807) is 6.92 Å². The molecular weight excluding hydrogens is 206 g/mol. The second-order valence-corrected chi connectivity index (χ2v) is 4.18. The zero-order valence-electron chi connectivity index (χ0n) is 9.33. The Kier molecular flexibility index (Phi) is 2.43. The minimum Gasteiger partial charge on any atom is -0.361 e. The fourth-order valence-electron chi connectivity index (χ4n) is 1.61. The Bertz CT molecular complexity index is 447. The molecule has 1 heterocycles. The summed E-state index contributed by atoms with van der Waals surface area (Å²) < 4.78 is 4.99. The summed E-state index contributed by atoms with van der Waals surface area (Å²) in [5.74, 6) is 0.523. The van der Waals surface area contributed by atoms with Gasteiger partial charge in [-0.2, -0.15) is 5.26 Å². The van der Waals surface area contributed by atoms with Crippen LogP contribution in [0.5, 0.6) is 0 Å². The van der Waals surface area contributed by atoms with Crippen LogP contribution in [0.1, 0.15) is 29.9 Å². The van der Waals surface area contributed by atoms with E-state index in [2.05, 4.69) is 16.5 Å². The van der Waals surface area contributed by atoms with Gasteiger partial charge in [0.1, 0.15) is 11.2 Å². The first-order chi connectivity index (χ1) is 7.59. The largest absolute Gasteiger partial charge is 0.361 e. The Morgan fingerprint density at radius 3 is 2.75 bits per heavy atom. The average Bonchev–Trinajstić information content (AvgIpc) is 3.01. The molecule has 0 aromatic carbocycles. The summed E-state index contributed by atoms with van der Waals surface area (Å²) in [4.78, 5) is 11.7. The second kappa shape index (κ2) is 3.63. The normalized spacial score (nSPS) is 16.6. The first-order valence-corrected chi connectivity index (χ1v) is 5.20. The zero-order valence-corrected chi connectivity index (χ0v) is 9.33. The lowest BCUT2D eigenvalue weighted by atomic mass is 10.1. The molecule has 2 rings (SSSR count). The quantitative estimate of drug-likeness (QED) is 0.828. The number of aromatic nitrogens is 1. The summed E-state index contributed by atoms with van der Waals surface area (Å²) in [6.07, 6.45) is 1.33. The van der Waals surface area contributed by atoms with Gasteiger partial charge in [-0.3, -0.25) is 4.79 Å². The number of rotatable bonds is 3. The lowest BCUT2D eigenvalue weighted by Gasteiger charge is -2.07. The Hall–Kier alpha value is -1.83. The molecule has 1 amide bonds. The van der Waals surface area contributed by atoms with E-state index in [4.69, 9.17) is 9.78 Å². The van der Waals surface area contributed by atoms with Crippen LogP contribution in [0, 0.1) is 30.6 Å². The van der Waals surface area contributed by atoms with Crippen molar-refractivity contribution in [3.8, 4) is 6.07 Å². The van der Waals surface area contributed by atoms with Crippen LogP contribution in [-0.4, -0.2) is 11.1 Å². The van der Waals surface area contributed by atoms with Crippen LogP contribution in [0.3, 0.4) is 0 Å². The van der Waals surface area contributed by atoms with E-state index in [0.717, 1.165) is 11.3 Å². The molecule has 0 bridgehead atoms. The van der Waals surface area contributed by atoms with Crippen LogP contribution in [0.25, 0.3) is 0 Å². The van der Waals surface area contributed by atoms with Crippen molar-refractivity contribution in [1.29, 1.82) is 5.26 Å². The zero-order chi connectivity index (χ0) is 11.8. The molecule has 1 N–H and O–H groups in total. The Morgan fingerprint density at radius 2 is 2.31 bits per heavy atom. The van der Waals surface area contributed by atoms with Crippen LogP contribution < -0.4 is 5.32 Å². The average molecular weight is 219 g/mol. The van der Waals surface area contributed by atoms with Gasteiger partial charge in [0.15, 0.2) is 0 Å². The maximum atomic E-state index is 11.7. The monoisotopic (exact) mass is 219 g/mol. The molecule has 1 aliphatic rings. The minimum atomic E-state index is -0.765. The van der Waals surface area contributed by atoms with E-state index in [-0.39, 0.29) is 5.91 Å². The third-order valence-electron chi connectivity index (χ3n) is 3.01. The fraction of sp³-hybridized carbons (Fsp3) is 0.545. The van der Waals surface area contributed by atoms with Crippen molar-refractivity contribution < 1.29 is 9.32 Å². The molecule has 1 aromatic rings. The van der Waals surface area contributed by atoms with Crippen molar-refractivity contribution in [2.45, 2.75) is 33.2 Å². The van der Waals surface area contributed by atoms with Gasteiger partial charge < -0.3 is 9.84 Å². The molecule has 0 unspecified atom stereocenters. The summed E-state index contributed by atoms with van der Waals surface area (Å²) >= 11 is 0. The summed E-state index contributed by atoms with van der Waals surface area (Å²) in [7, 11) is 0. The smallest absolute Gasteiger partial charge is 0.240 e. The molecular formula is C11H13N3O2. The third-order valence-corrected chi connectivity index (χ3v) is 3.01. The number of carbonyl (C=O) groups excluding carboxylic acids is 1. The predicted octanol–water partition coefficient (Wildman–Crippen LogP) is 1.21. The number of hydrogen-bond donors (Lipinski definition) is 1. The highest BCUT2D eigenvalue weighted by atomic mass is 16.5. The van der Waals surface area contributed by atoms with E-state index in [1.807, 2.05) is 6.92 Å². The van der Waals surface area contributed by atoms with Gasteiger partial charge >= 0.3 is 0 Å². The standard InChI is InChI=1S/C11H13N3O2/c1-7-9(8(2)16-14-7)5-13-10(15)11(6-12)3-4-11/h3-5H2,1-2H3,(H,13,15). The third kappa shape index (κ3) is 1.67.